The molecule has 1 aliphatic rings. The summed E-state index contributed by atoms with van der Waals surface area (Å²) in [6, 6.07) is 54.9. The lowest BCUT2D eigenvalue weighted by atomic mass is 9.81. The highest BCUT2D eigenvalue weighted by Gasteiger charge is 2.38. The van der Waals surface area contributed by atoms with E-state index >= 15 is 0 Å². The quantitative estimate of drug-likeness (QED) is 0.147. The maximum atomic E-state index is 2.52. The molecule has 0 spiro atoms. The van der Waals surface area contributed by atoms with Gasteiger partial charge >= 0.3 is 0 Å². The standard InChI is InChI=1S/C48H33I3N2S3/c1-28-12-14-29(15-13-28)52(42-22-23-46(56-51)35-10-6-4-8-33(35)42)30-16-19-37-40(24-30)48(2,3)41-27-45(34-9-5-7-11-36(34)47(37)41)53-43-20-17-31(54-49)25-38(43)39-26-32(55-50)18-21-44(39)53/h4-27H,1-3H3. The summed E-state index contributed by atoms with van der Waals surface area (Å²) < 4.78 is 2.52. The van der Waals surface area contributed by atoms with Gasteiger partial charge in [0.25, 0.3) is 0 Å². The second kappa shape index (κ2) is 14.7. The molecule has 0 bridgehead atoms. The van der Waals surface area contributed by atoms with Crippen molar-refractivity contribution < 1.29 is 0 Å². The van der Waals surface area contributed by atoms with Crippen molar-refractivity contribution in [3.05, 3.63) is 162 Å². The Morgan fingerprint density at radius 3 is 1.77 bits per heavy atom. The molecule has 0 atom stereocenters. The molecule has 1 aliphatic carbocycles. The Morgan fingerprint density at radius 2 is 1.12 bits per heavy atom. The van der Waals surface area contributed by atoms with Crippen molar-refractivity contribution in [2.24, 2.45) is 0 Å². The maximum absolute atomic E-state index is 2.52. The number of anilines is 3. The Hall–Kier alpha value is -2.88. The molecular formula is C48H33I3N2S3. The molecule has 0 saturated carbocycles. The minimum absolute atomic E-state index is 0.253. The van der Waals surface area contributed by atoms with Crippen LogP contribution < -0.4 is 4.90 Å². The molecule has 2 nitrogen and oxygen atoms in total. The zero-order valence-electron chi connectivity index (χ0n) is 30.6. The molecule has 0 unspecified atom stereocenters. The summed E-state index contributed by atoms with van der Waals surface area (Å²) in [6.45, 7) is 6.99. The van der Waals surface area contributed by atoms with Crippen LogP contribution in [0.4, 0.5) is 17.1 Å². The number of fused-ring (bicyclic) bond motifs is 9. The van der Waals surface area contributed by atoms with Gasteiger partial charge in [-0.05, 0) is 119 Å². The Bertz CT molecular complexity index is 2980. The van der Waals surface area contributed by atoms with Crippen LogP contribution in [0.3, 0.4) is 0 Å². The molecule has 8 heteroatoms. The molecule has 0 amide bonds. The van der Waals surface area contributed by atoms with Gasteiger partial charge < -0.3 is 9.47 Å². The molecule has 274 valence electrons. The van der Waals surface area contributed by atoms with Crippen LogP contribution in [0.5, 0.6) is 0 Å². The summed E-state index contributed by atoms with van der Waals surface area (Å²) in [5, 5.41) is 7.65. The van der Waals surface area contributed by atoms with E-state index in [1.54, 1.807) is 26.8 Å². The lowest BCUT2D eigenvalue weighted by Crippen LogP contribution is -2.17. The first kappa shape index (κ1) is 37.4. The monoisotopic (exact) mass is 1110 g/mol. The molecule has 56 heavy (non-hydrogen) atoms. The third-order valence-electron chi connectivity index (χ3n) is 11.5. The Labute approximate surface area is 376 Å². The van der Waals surface area contributed by atoms with Crippen LogP contribution >= 0.6 is 90.4 Å². The fourth-order valence-corrected chi connectivity index (χ4v) is 12.6. The first-order valence-electron chi connectivity index (χ1n) is 18.3. The molecule has 0 aliphatic heterocycles. The summed E-state index contributed by atoms with van der Waals surface area (Å²) in [4.78, 5) is 6.26. The lowest BCUT2D eigenvalue weighted by Gasteiger charge is -2.29. The van der Waals surface area contributed by atoms with E-state index in [4.69, 9.17) is 0 Å². The molecule has 0 N–H and O–H groups in total. The third kappa shape index (κ3) is 5.93. The van der Waals surface area contributed by atoms with Crippen LogP contribution in [-0.4, -0.2) is 4.57 Å². The summed E-state index contributed by atoms with van der Waals surface area (Å²) in [5.74, 6) is 0. The fraction of sp³-hybridized carbons (Fsp3) is 0.0833. The summed E-state index contributed by atoms with van der Waals surface area (Å²) >= 11 is 7.20. The van der Waals surface area contributed by atoms with E-state index in [9.17, 15) is 0 Å². The Kier molecular flexibility index (Phi) is 9.84. The predicted octanol–water partition coefficient (Wildman–Crippen LogP) is 17.5. The molecule has 1 aromatic heterocycles. The zero-order chi connectivity index (χ0) is 38.3. The van der Waals surface area contributed by atoms with E-state index in [0.29, 0.717) is 0 Å². The smallest absolute Gasteiger partial charge is 0.0544 e. The first-order valence-corrected chi connectivity index (χ1v) is 28.4. The fourth-order valence-electron chi connectivity index (χ4n) is 8.85. The van der Waals surface area contributed by atoms with Gasteiger partial charge in [0.1, 0.15) is 0 Å². The number of hydrogen-bond acceptors (Lipinski definition) is 4. The van der Waals surface area contributed by atoms with Crippen LogP contribution in [0.15, 0.2) is 160 Å². The Balaban J connectivity index is 1.21. The van der Waals surface area contributed by atoms with E-state index in [2.05, 4.69) is 239 Å². The van der Waals surface area contributed by atoms with Crippen molar-refractivity contribution in [1.29, 1.82) is 0 Å². The zero-order valence-corrected chi connectivity index (χ0v) is 39.5. The van der Waals surface area contributed by atoms with Gasteiger partial charge in [-0.15, -0.1) is 0 Å². The SMILES string of the molecule is Cc1ccc(N(c2ccc3c(c2)C(C)(C)c2cc(-n4c5ccc(SI)cc5c5cc(SI)ccc54)c4ccccc4c2-3)c2ccc(SI)c3ccccc23)cc1. The summed E-state index contributed by atoms with van der Waals surface area (Å²) in [5.41, 5.74) is 13.6. The normalized spacial score (nSPS) is 13.2. The molecule has 0 saturated heterocycles. The summed E-state index contributed by atoms with van der Waals surface area (Å²) in [7, 11) is 5.32. The van der Waals surface area contributed by atoms with Crippen LogP contribution in [0.1, 0.15) is 30.5 Å². The first-order chi connectivity index (χ1) is 27.3. The highest BCUT2D eigenvalue weighted by Crippen LogP contribution is 2.55. The number of hydrogen-bond donors (Lipinski definition) is 0. The van der Waals surface area contributed by atoms with Gasteiger partial charge in [0.05, 0.1) is 22.4 Å². The van der Waals surface area contributed by atoms with Gasteiger partial charge in [-0.25, -0.2) is 0 Å². The number of halogens is 3. The van der Waals surface area contributed by atoms with Crippen molar-refractivity contribution in [2.75, 3.05) is 4.90 Å². The van der Waals surface area contributed by atoms with E-state index < -0.39 is 0 Å². The summed E-state index contributed by atoms with van der Waals surface area (Å²) in [6.07, 6.45) is 0. The highest BCUT2D eigenvalue weighted by molar-refractivity contribution is 14.2. The van der Waals surface area contributed by atoms with Crippen LogP contribution in [0.2, 0.25) is 0 Å². The van der Waals surface area contributed by atoms with E-state index in [1.165, 1.54) is 97.2 Å². The lowest BCUT2D eigenvalue weighted by molar-refractivity contribution is 0.660. The largest absolute Gasteiger partial charge is 0.310 e. The number of aromatic nitrogens is 1. The highest BCUT2D eigenvalue weighted by atomic mass is 127. The van der Waals surface area contributed by atoms with Crippen LogP contribution in [-0.2, 0) is 5.41 Å². The number of benzene rings is 8. The molecule has 0 fully saturated rings. The third-order valence-corrected chi connectivity index (χ3v) is 17.4. The van der Waals surface area contributed by atoms with E-state index in [0.717, 1.165) is 11.4 Å². The Morgan fingerprint density at radius 1 is 0.518 bits per heavy atom. The van der Waals surface area contributed by atoms with Crippen molar-refractivity contribution >= 4 is 151 Å². The van der Waals surface area contributed by atoms with Crippen molar-refractivity contribution in [3.63, 3.8) is 0 Å². The molecule has 9 aromatic rings. The average Bonchev–Trinajstić information content (AvgIpc) is 3.68. The predicted molar refractivity (Wildman–Crippen MR) is 272 cm³/mol. The molecular weight excluding hydrogens is 1080 g/mol. The number of nitrogens with zero attached hydrogens (tertiary/aromatic N) is 2. The van der Waals surface area contributed by atoms with Gasteiger partial charge in [0.2, 0.25) is 0 Å². The number of rotatable bonds is 7. The second-order valence-corrected chi connectivity index (χ2v) is 20.8. The average molecular weight is 1110 g/mol. The van der Waals surface area contributed by atoms with Crippen molar-refractivity contribution in [2.45, 2.75) is 40.9 Å². The van der Waals surface area contributed by atoms with E-state index in [1.807, 2.05) is 0 Å². The van der Waals surface area contributed by atoms with Gasteiger partial charge in [-0.1, -0.05) is 113 Å². The van der Waals surface area contributed by atoms with Crippen LogP contribution in [0, 0.1) is 6.92 Å². The van der Waals surface area contributed by atoms with Crippen LogP contribution in [0.25, 0.3) is 60.2 Å². The minimum Gasteiger partial charge on any atom is -0.310 e. The molecule has 10 rings (SSSR count). The topological polar surface area (TPSA) is 8.17 Å². The minimum atomic E-state index is -0.253. The van der Waals surface area contributed by atoms with Gasteiger partial charge in [-0.2, -0.15) is 0 Å². The maximum Gasteiger partial charge on any atom is 0.0544 e. The van der Waals surface area contributed by atoms with Crippen molar-refractivity contribution in [1.82, 2.24) is 4.57 Å². The molecule has 0 radical (unpaired) electrons. The van der Waals surface area contributed by atoms with Gasteiger partial charge in [0, 0.05) is 117 Å². The van der Waals surface area contributed by atoms with E-state index in [-0.39, 0.29) is 5.41 Å². The second-order valence-electron chi connectivity index (χ2n) is 14.9. The van der Waals surface area contributed by atoms with Gasteiger partial charge in [0.15, 0.2) is 0 Å². The molecule has 1 heterocycles. The molecule has 8 aromatic carbocycles. The number of aryl methyl sites for hydroxylation is 1. The van der Waals surface area contributed by atoms with Gasteiger partial charge in [-0.3, -0.25) is 0 Å². The van der Waals surface area contributed by atoms with Crippen molar-refractivity contribution in [3.8, 4) is 16.8 Å².